The molecule has 0 bridgehead atoms. The zero-order chi connectivity index (χ0) is 17.8. The van der Waals surface area contributed by atoms with E-state index in [0.29, 0.717) is 23.6 Å². The molecule has 4 rings (SSSR count). The van der Waals surface area contributed by atoms with Crippen LogP contribution in [0.5, 0.6) is 5.75 Å². The number of aromatic amines is 1. The van der Waals surface area contributed by atoms with Gasteiger partial charge in [0.1, 0.15) is 12.4 Å². The molecule has 0 aliphatic heterocycles. The van der Waals surface area contributed by atoms with Crippen molar-refractivity contribution in [3.05, 3.63) is 90.4 Å². The fraction of sp³-hybridized carbons (Fsp3) is 0.0476. The summed E-state index contributed by atoms with van der Waals surface area (Å²) in [6.07, 6.45) is 5.32. The Morgan fingerprint density at radius 1 is 1.08 bits per heavy atom. The van der Waals surface area contributed by atoms with Crippen molar-refractivity contribution in [2.24, 2.45) is 0 Å². The van der Waals surface area contributed by atoms with E-state index in [9.17, 15) is 4.79 Å². The van der Waals surface area contributed by atoms with E-state index in [1.54, 1.807) is 12.4 Å². The fourth-order valence-electron chi connectivity index (χ4n) is 2.80. The maximum atomic E-state index is 12.6. The van der Waals surface area contributed by atoms with Crippen LogP contribution in [0.1, 0.15) is 15.9 Å². The molecule has 0 unspecified atom stereocenters. The van der Waals surface area contributed by atoms with Crippen LogP contribution in [0.3, 0.4) is 0 Å². The molecule has 2 N–H and O–H groups in total. The normalized spacial score (nSPS) is 10.6. The third kappa shape index (κ3) is 3.42. The van der Waals surface area contributed by atoms with E-state index < -0.39 is 0 Å². The number of carbonyl (C=O) groups excluding carboxylic acids is 1. The number of nitrogens with one attached hydrogen (secondary N) is 2. The minimum absolute atomic E-state index is 0.153. The van der Waals surface area contributed by atoms with E-state index in [1.807, 2.05) is 66.9 Å². The molecule has 128 valence electrons. The van der Waals surface area contributed by atoms with Crippen LogP contribution >= 0.6 is 0 Å². The number of anilines is 1. The van der Waals surface area contributed by atoms with Crippen LogP contribution in [0.4, 0.5) is 5.69 Å². The number of hydrogen-bond acceptors (Lipinski definition) is 3. The molecule has 1 amide bonds. The van der Waals surface area contributed by atoms with Gasteiger partial charge in [-0.2, -0.15) is 0 Å². The average Bonchev–Trinajstić information content (AvgIpc) is 3.16. The Morgan fingerprint density at radius 2 is 2.00 bits per heavy atom. The lowest BCUT2D eigenvalue weighted by atomic mass is 10.1. The summed E-state index contributed by atoms with van der Waals surface area (Å²) in [5.41, 5.74) is 3.24. The van der Waals surface area contributed by atoms with E-state index in [0.717, 1.165) is 16.5 Å². The number of pyridine rings is 1. The monoisotopic (exact) mass is 343 g/mol. The second-order valence-corrected chi connectivity index (χ2v) is 5.88. The third-order valence-electron chi connectivity index (χ3n) is 4.06. The summed E-state index contributed by atoms with van der Waals surface area (Å²) in [6.45, 7) is 0.425. The number of nitrogens with zero attached hydrogens (tertiary/aromatic N) is 1. The van der Waals surface area contributed by atoms with Crippen molar-refractivity contribution in [3.8, 4) is 5.75 Å². The van der Waals surface area contributed by atoms with Gasteiger partial charge in [0.05, 0.1) is 0 Å². The molecule has 2 aromatic carbocycles. The Hall–Kier alpha value is -3.60. The molecule has 0 saturated carbocycles. The van der Waals surface area contributed by atoms with Crippen molar-refractivity contribution in [1.82, 2.24) is 9.97 Å². The fourth-order valence-corrected chi connectivity index (χ4v) is 2.80. The molecular weight excluding hydrogens is 326 g/mol. The summed E-state index contributed by atoms with van der Waals surface area (Å²) >= 11 is 0. The zero-order valence-corrected chi connectivity index (χ0v) is 14.0. The lowest BCUT2D eigenvalue weighted by molar-refractivity contribution is 0.102. The minimum Gasteiger partial charge on any atom is -0.489 e. The lowest BCUT2D eigenvalue weighted by Gasteiger charge is -2.10. The number of fused-ring (bicyclic) bond motifs is 1. The molecule has 0 aliphatic rings. The van der Waals surface area contributed by atoms with Gasteiger partial charge >= 0.3 is 0 Å². The number of hydrogen-bond donors (Lipinski definition) is 2. The van der Waals surface area contributed by atoms with Crippen molar-refractivity contribution < 1.29 is 9.53 Å². The number of ether oxygens (including phenoxy) is 1. The van der Waals surface area contributed by atoms with Gasteiger partial charge in [-0.05, 0) is 36.4 Å². The summed E-state index contributed by atoms with van der Waals surface area (Å²) in [5.74, 6) is 0.533. The van der Waals surface area contributed by atoms with Gasteiger partial charge in [-0.25, -0.2) is 0 Å². The zero-order valence-electron chi connectivity index (χ0n) is 14.0. The summed E-state index contributed by atoms with van der Waals surface area (Å²) in [4.78, 5) is 19.8. The maximum Gasteiger partial charge on any atom is 0.256 e. The number of benzene rings is 2. The summed E-state index contributed by atoms with van der Waals surface area (Å²) < 4.78 is 5.78. The van der Waals surface area contributed by atoms with Gasteiger partial charge in [-0.15, -0.1) is 0 Å². The van der Waals surface area contributed by atoms with Crippen LogP contribution in [0.15, 0.2) is 79.3 Å². The highest BCUT2D eigenvalue weighted by molar-refractivity contribution is 6.12. The van der Waals surface area contributed by atoms with E-state index >= 15 is 0 Å². The Kier molecular flexibility index (Phi) is 4.35. The van der Waals surface area contributed by atoms with Crippen LogP contribution in [0.25, 0.3) is 10.9 Å². The highest BCUT2D eigenvalue weighted by Gasteiger charge is 2.11. The Labute approximate surface area is 150 Å². The number of carbonyl (C=O) groups is 1. The van der Waals surface area contributed by atoms with Crippen LogP contribution in [-0.4, -0.2) is 15.9 Å². The smallest absolute Gasteiger partial charge is 0.256 e. The van der Waals surface area contributed by atoms with E-state index in [-0.39, 0.29) is 5.91 Å². The second kappa shape index (κ2) is 7.11. The molecule has 2 heterocycles. The number of H-pyrrole nitrogens is 1. The standard InChI is InChI=1S/C21H17N3O2/c25-21(19-7-2-8-20-18(19)9-11-23-20)24-16-5-1-6-17(12-16)26-14-15-4-3-10-22-13-15/h1-13,23H,14H2,(H,24,25). The first-order valence-corrected chi connectivity index (χ1v) is 8.29. The van der Waals surface area contributed by atoms with Gasteiger partial charge in [0.25, 0.3) is 5.91 Å². The first-order chi connectivity index (χ1) is 12.8. The topological polar surface area (TPSA) is 67.0 Å². The van der Waals surface area contributed by atoms with Gasteiger partial charge in [0.2, 0.25) is 0 Å². The lowest BCUT2D eigenvalue weighted by Crippen LogP contribution is -2.12. The molecule has 5 nitrogen and oxygen atoms in total. The molecule has 5 heteroatoms. The van der Waals surface area contributed by atoms with Crippen molar-refractivity contribution in [2.75, 3.05) is 5.32 Å². The van der Waals surface area contributed by atoms with Crippen molar-refractivity contribution >= 4 is 22.5 Å². The Balaban J connectivity index is 1.48. The summed E-state index contributed by atoms with van der Waals surface area (Å²) in [6, 6.07) is 18.7. The molecule has 0 aliphatic carbocycles. The summed E-state index contributed by atoms with van der Waals surface area (Å²) in [5, 5.41) is 3.83. The highest BCUT2D eigenvalue weighted by atomic mass is 16.5. The largest absolute Gasteiger partial charge is 0.489 e. The third-order valence-corrected chi connectivity index (χ3v) is 4.06. The van der Waals surface area contributed by atoms with Gasteiger partial charge in [0, 0.05) is 52.4 Å². The van der Waals surface area contributed by atoms with Crippen molar-refractivity contribution in [3.63, 3.8) is 0 Å². The number of amides is 1. The second-order valence-electron chi connectivity index (χ2n) is 5.88. The number of rotatable bonds is 5. The quantitative estimate of drug-likeness (QED) is 0.564. The van der Waals surface area contributed by atoms with Gasteiger partial charge < -0.3 is 15.0 Å². The molecule has 0 radical (unpaired) electrons. The number of aromatic nitrogens is 2. The van der Waals surface area contributed by atoms with E-state index in [4.69, 9.17) is 4.74 Å². The molecule has 0 spiro atoms. The Bertz CT molecular complexity index is 1040. The molecule has 0 saturated heterocycles. The van der Waals surface area contributed by atoms with Crippen molar-refractivity contribution in [2.45, 2.75) is 6.61 Å². The minimum atomic E-state index is -0.153. The van der Waals surface area contributed by atoms with Crippen LogP contribution in [-0.2, 0) is 6.61 Å². The van der Waals surface area contributed by atoms with E-state index in [1.165, 1.54) is 0 Å². The van der Waals surface area contributed by atoms with Crippen LogP contribution in [0.2, 0.25) is 0 Å². The predicted octanol–water partition coefficient (Wildman–Crippen LogP) is 4.39. The molecule has 4 aromatic rings. The Morgan fingerprint density at radius 3 is 2.88 bits per heavy atom. The molecule has 0 atom stereocenters. The average molecular weight is 343 g/mol. The highest BCUT2D eigenvalue weighted by Crippen LogP contribution is 2.22. The van der Waals surface area contributed by atoms with Crippen LogP contribution < -0.4 is 10.1 Å². The molecular formula is C21H17N3O2. The maximum absolute atomic E-state index is 12.6. The van der Waals surface area contributed by atoms with Gasteiger partial charge in [0.15, 0.2) is 0 Å². The van der Waals surface area contributed by atoms with Crippen LogP contribution in [0, 0.1) is 0 Å². The first-order valence-electron chi connectivity index (χ1n) is 8.29. The molecule has 2 aromatic heterocycles. The first kappa shape index (κ1) is 15.9. The molecule has 0 fully saturated rings. The van der Waals surface area contributed by atoms with E-state index in [2.05, 4.69) is 15.3 Å². The summed E-state index contributed by atoms with van der Waals surface area (Å²) in [7, 11) is 0. The SMILES string of the molecule is O=C(Nc1cccc(OCc2cccnc2)c1)c1cccc2[nH]ccc12. The van der Waals surface area contributed by atoms with Gasteiger partial charge in [-0.3, -0.25) is 9.78 Å². The predicted molar refractivity (Wildman–Crippen MR) is 101 cm³/mol. The van der Waals surface area contributed by atoms with Gasteiger partial charge in [-0.1, -0.05) is 18.2 Å². The van der Waals surface area contributed by atoms with Crippen molar-refractivity contribution in [1.29, 1.82) is 0 Å². The molecule has 26 heavy (non-hydrogen) atoms.